The smallest absolute Gasteiger partial charge is 0.226 e. The first-order valence-corrected chi connectivity index (χ1v) is 6.23. The molecule has 94 valence electrons. The van der Waals surface area contributed by atoms with Gasteiger partial charge in [-0.3, -0.25) is 4.79 Å². The summed E-state index contributed by atoms with van der Waals surface area (Å²) in [5.74, 6) is 0.253. The fourth-order valence-corrected chi connectivity index (χ4v) is 1.97. The van der Waals surface area contributed by atoms with Crippen molar-refractivity contribution in [1.29, 1.82) is 0 Å². The van der Waals surface area contributed by atoms with E-state index in [9.17, 15) is 4.79 Å². The lowest BCUT2D eigenvalue weighted by Gasteiger charge is -2.14. The van der Waals surface area contributed by atoms with Crippen LogP contribution in [0.25, 0.3) is 0 Å². The molecule has 1 aliphatic rings. The van der Waals surface area contributed by atoms with Crippen LogP contribution in [0.2, 0.25) is 0 Å². The van der Waals surface area contributed by atoms with Crippen molar-refractivity contribution in [1.82, 2.24) is 10.6 Å². The minimum absolute atomic E-state index is 0.00127. The van der Waals surface area contributed by atoms with Crippen LogP contribution in [0, 0.1) is 5.41 Å². The van der Waals surface area contributed by atoms with E-state index >= 15 is 0 Å². The number of carbonyl (C=O) groups is 1. The monoisotopic (exact) mass is 228 g/mol. The Labute approximate surface area is 98.1 Å². The van der Waals surface area contributed by atoms with Gasteiger partial charge < -0.3 is 15.4 Å². The van der Waals surface area contributed by atoms with Gasteiger partial charge in [0.2, 0.25) is 5.91 Å². The summed E-state index contributed by atoms with van der Waals surface area (Å²) in [6, 6.07) is 0. The van der Waals surface area contributed by atoms with Crippen LogP contribution < -0.4 is 10.6 Å². The number of amides is 1. The molecule has 0 atom stereocenters. The number of hydrogen-bond acceptors (Lipinski definition) is 3. The first kappa shape index (κ1) is 13.5. The van der Waals surface area contributed by atoms with Crippen molar-refractivity contribution < 1.29 is 9.53 Å². The Morgan fingerprint density at radius 2 is 2.06 bits per heavy atom. The normalized spacial score (nSPS) is 17.1. The van der Waals surface area contributed by atoms with E-state index in [4.69, 9.17) is 4.74 Å². The standard InChI is InChI=1S/C12H24N2O2/c1-3-4-12(5-6-12)11(15)14-8-7-13-9-10-16-2/h13H,3-10H2,1-2H3,(H,14,15). The summed E-state index contributed by atoms with van der Waals surface area (Å²) >= 11 is 0. The van der Waals surface area contributed by atoms with Crippen LogP contribution in [0.3, 0.4) is 0 Å². The van der Waals surface area contributed by atoms with Gasteiger partial charge in [0.15, 0.2) is 0 Å². The molecular weight excluding hydrogens is 204 g/mol. The number of hydrogen-bond donors (Lipinski definition) is 2. The summed E-state index contributed by atoms with van der Waals surface area (Å²) in [4.78, 5) is 11.8. The third-order valence-corrected chi connectivity index (χ3v) is 3.13. The molecule has 0 aliphatic heterocycles. The molecule has 0 spiro atoms. The Bertz CT molecular complexity index is 215. The fraction of sp³-hybridized carbons (Fsp3) is 0.917. The maximum atomic E-state index is 11.8. The molecule has 16 heavy (non-hydrogen) atoms. The average Bonchev–Trinajstić information content (AvgIpc) is 3.04. The predicted octanol–water partition coefficient (Wildman–Crippen LogP) is 0.919. The summed E-state index contributed by atoms with van der Waals surface area (Å²) in [6.45, 7) is 5.23. The molecule has 1 fully saturated rings. The van der Waals surface area contributed by atoms with Crippen LogP contribution >= 0.6 is 0 Å². The second-order valence-corrected chi connectivity index (χ2v) is 4.53. The Hall–Kier alpha value is -0.610. The molecule has 0 radical (unpaired) electrons. The molecule has 1 saturated carbocycles. The summed E-state index contributed by atoms with van der Waals surface area (Å²) in [5.41, 5.74) is 0.00127. The summed E-state index contributed by atoms with van der Waals surface area (Å²) in [5, 5.41) is 6.21. The largest absolute Gasteiger partial charge is 0.383 e. The van der Waals surface area contributed by atoms with Crippen molar-refractivity contribution in [2.75, 3.05) is 33.4 Å². The van der Waals surface area contributed by atoms with E-state index in [0.717, 1.165) is 38.8 Å². The highest BCUT2D eigenvalue weighted by Crippen LogP contribution is 2.49. The molecule has 2 N–H and O–H groups in total. The highest BCUT2D eigenvalue weighted by atomic mass is 16.5. The van der Waals surface area contributed by atoms with Crippen LogP contribution in [0.4, 0.5) is 0 Å². The molecule has 1 rings (SSSR count). The van der Waals surface area contributed by atoms with Crippen molar-refractivity contribution in [3.63, 3.8) is 0 Å². The van der Waals surface area contributed by atoms with Crippen LogP contribution in [0.5, 0.6) is 0 Å². The van der Waals surface area contributed by atoms with Gasteiger partial charge in [-0.25, -0.2) is 0 Å². The maximum absolute atomic E-state index is 11.8. The molecule has 0 bridgehead atoms. The second-order valence-electron chi connectivity index (χ2n) is 4.53. The molecule has 0 unspecified atom stereocenters. The second kappa shape index (κ2) is 6.86. The molecule has 0 aromatic heterocycles. The predicted molar refractivity (Wildman–Crippen MR) is 64.3 cm³/mol. The quantitative estimate of drug-likeness (QED) is 0.577. The molecule has 1 aliphatic carbocycles. The van der Waals surface area contributed by atoms with Gasteiger partial charge in [-0.2, -0.15) is 0 Å². The first-order valence-electron chi connectivity index (χ1n) is 6.23. The van der Waals surface area contributed by atoms with Crippen molar-refractivity contribution in [3.8, 4) is 0 Å². The molecule has 0 saturated heterocycles. The van der Waals surface area contributed by atoms with Crippen LogP contribution in [0.1, 0.15) is 32.6 Å². The summed E-state index contributed by atoms with van der Waals surface area (Å²) < 4.78 is 4.92. The Balaban J connectivity index is 2.02. The zero-order chi connectivity index (χ0) is 11.9. The minimum atomic E-state index is 0.00127. The molecule has 4 heteroatoms. The van der Waals surface area contributed by atoms with Crippen molar-refractivity contribution in [2.45, 2.75) is 32.6 Å². The number of carbonyl (C=O) groups excluding carboxylic acids is 1. The van der Waals surface area contributed by atoms with Crippen molar-refractivity contribution in [3.05, 3.63) is 0 Å². The third kappa shape index (κ3) is 4.10. The lowest BCUT2D eigenvalue weighted by atomic mass is 10.00. The van der Waals surface area contributed by atoms with Gasteiger partial charge in [-0.05, 0) is 19.3 Å². The van der Waals surface area contributed by atoms with E-state index in [1.807, 2.05) is 0 Å². The van der Waals surface area contributed by atoms with Crippen LogP contribution in [0.15, 0.2) is 0 Å². The summed E-state index contributed by atoms with van der Waals surface area (Å²) in [6.07, 6.45) is 4.28. The van der Waals surface area contributed by atoms with Gasteiger partial charge >= 0.3 is 0 Å². The zero-order valence-corrected chi connectivity index (χ0v) is 10.5. The molecule has 4 nitrogen and oxygen atoms in total. The van der Waals surface area contributed by atoms with Crippen LogP contribution in [-0.2, 0) is 9.53 Å². The lowest BCUT2D eigenvalue weighted by Crippen LogP contribution is -2.37. The van der Waals surface area contributed by atoms with E-state index < -0.39 is 0 Å². The highest BCUT2D eigenvalue weighted by molar-refractivity contribution is 5.85. The van der Waals surface area contributed by atoms with Crippen molar-refractivity contribution in [2.24, 2.45) is 5.41 Å². The topological polar surface area (TPSA) is 50.4 Å². The number of methoxy groups -OCH3 is 1. The SMILES string of the molecule is CCCC1(C(=O)NCCNCCOC)CC1. The lowest BCUT2D eigenvalue weighted by molar-refractivity contribution is -0.126. The van der Waals surface area contributed by atoms with Gasteiger partial charge in [-0.1, -0.05) is 13.3 Å². The molecule has 0 aromatic rings. The van der Waals surface area contributed by atoms with Gasteiger partial charge in [0, 0.05) is 32.2 Å². The number of rotatable bonds is 9. The number of ether oxygens (including phenoxy) is 1. The molecular formula is C12H24N2O2. The Kier molecular flexibility index (Phi) is 5.77. The van der Waals surface area contributed by atoms with Gasteiger partial charge in [0.05, 0.1) is 6.61 Å². The molecule has 1 amide bonds. The summed E-state index contributed by atoms with van der Waals surface area (Å²) in [7, 11) is 1.69. The minimum Gasteiger partial charge on any atom is -0.383 e. The first-order chi connectivity index (χ1) is 7.75. The van der Waals surface area contributed by atoms with Gasteiger partial charge in [0.25, 0.3) is 0 Å². The van der Waals surface area contributed by atoms with E-state index in [0.29, 0.717) is 13.2 Å². The highest BCUT2D eigenvalue weighted by Gasteiger charge is 2.48. The maximum Gasteiger partial charge on any atom is 0.226 e. The number of nitrogens with one attached hydrogen (secondary N) is 2. The fourth-order valence-electron chi connectivity index (χ4n) is 1.97. The van der Waals surface area contributed by atoms with Crippen molar-refractivity contribution >= 4 is 5.91 Å². The van der Waals surface area contributed by atoms with E-state index in [2.05, 4.69) is 17.6 Å². The van der Waals surface area contributed by atoms with E-state index in [1.165, 1.54) is 0 Å². The zero-order valence-electron chi connectivity index (χ0n) is 10.5. The van der Waals surface area contributed by atoms with E-state index in [-0.39, 0.29) is 11.3 Å². The molecule has 0 aromatic carbocycles. The average molecular weight is 228 g/mol. The van der Waals surface area contributed by atoms with Gasteiger partial charge in [-0.15, -0.1) is 0 Å². The Morgan fingerprint density at radius 1 is 1.31 bits per heavy atom. The van der Waals surface area contributed by atoms with E-state index in [1.54, 1.807) is 7.11 Å². The third-order valence-electron chi connectivity index (χ3n) is 3.13. The Morgan fingerprint density at radius 3 is 2.62 bits per heavy atom. The molecule has 0 heterocycles. The van der Waals surface area contributed by atoms with Gasteiger partial charge in [0.1, 0.15) is 0 Å². The van der Waals surface area contributed by atoms with Crippen LogP contribution in [-0.4, -0.2) is 39.3 Å².